The first-order valence-corrected chi connectivity index (χ1v) is 6.68. The van der Waals surface area contributed by atoms with E-state index >= 15 is 0 Å². The first kappa shape index (κ1) is 16.8. The Morgan fingerprint density at radius 3 is 2.29 bits per heavy atom. The molecule has 2 amide bonds. The maximum Gasteiger partial charge on any atom is 0.242 e. The van der Waals surface area contributed by atoms with E-state index < -0.39 is 6.04 Å². The zero-order chi connectivity index (χ0) is 16.0. The summed E-state index contributed by atoms with van der Waals surface area (Å²) in [4.78, 5) is 23.0. The van der Waals surface area contributed by atoms with Gasteiger partial charge in [-0.05, 0) is 26.0 Å². The van der Waals surface area contributed by atoms with Gasteiger partial charge in [-0.25, -0.2) is 0 Å². The first-order valence-electron chi connectivity index (χ1n) is 6.68. The number of ether oxygens (including phenoxy) is 2. The lowest BCUT2D eigenvalue weighted by Gasteiger charge is -2.20. The van der Waals surface area contributed by atoms with Gasteiger partial charge in [0.1, 0.15) is 17.5 Å². The molecule has 0 aliphatic carbocycles. The molecule has 2 unspecified atom stereocenters. The van der Waals surface area contributed by atoms with Crippen molar-refractivity contribution in [2.75, 3.05) is 14.2 Å². The third-order valence-electron chi connectivity index (χ3n) is 3.08. The van der Waals surface area contributed by atoms with Crippen LogP contribution in [0.5, 0.6) is 11.5 Å². The van der Waals surface area contributed by atoms with Gasteiger partial charge in [0.15, 0.2) is 0 Å². The fourth-order valence-corrected chi connectivity index (χ4v) is 1.96. The van der Waals surface area contributed by atoms with Gasteiger partial charge in [0.05, 0.1) is 20.3 Å². The Bertz CT molecular complexity index is 516. The topological polar surface area (TPSA) is 76.7 Å². The fraction of sp³-hybridized carbons (Fsp3) is 0.467. The number of nitrogens with one attached hydrogen (secondary N) is 2. The molecule has 1 aromatic carbocycles. The smallest absolute Gasteiger partial charge is 0.242 e. The molecule has 2 N–H and O–H groups in total. The molecule has 0 bridgehead atoms. The Hall–Kier alpha value is -2.24. The molecule has 0 spiro atoms. The van der Waals surface area contributed by atoms with E-state index in [0.29, 0.717) is 11.5 Å². The zero-order valence-electron chi connectivity index (χ0n) is 13.0. The number of methoxy groups -OCH3 is 2. The lowest BCUT2D eigenvalue weighted by molar-refractivity contribution is -0.128. The van der Waals surface area contributed by atoms with E-state index in [-0.39, 0.29) is 17.9 Å². The number of carbonyl (C=O) groups excluding carboxylic acids is 2. The maximum absolute atomic E-state index is 12.0. The first-order chi connectivity index (χ1) is 9.88. The molecule has 0 fully saturated rings. The van der Waals surface area contributed by atoms with Crippen LogP contribution in [0.25, 0.3) is 0 Å². The minimum absolute atomic E-state index is 0.243. The second kappa shape index (κ2) is 7.52. The van der Waals surface area contributed by atoms with Crippen LogP contribution in [0.4, 0.5) is 0 Å². The second-order valence-electron chi connectivity index (χ2n) is 4.76. The van der Waals surface area contributed by atoms with Crippen LogP contribution in [0.1, 0.15) is 32.4 Å². The number of rotatable bonds is 6. The molecule has 116 valence electrons. The van der Waals surface area contributed by atoms with Crippen LogP contribution in [0.15, 0.2) is 18.2 Å². The molecule has 21 heavy (non-hydrogen) atoms. The Morgan fingerprint density at radius 2 is 1.76 bits per heavy atom. The second-order valence-corrected chi connectivity index (χ2v) is 4.76. The quantitative estimate of drug-likeness (QED) is 0.831. The van der Waals surface area contributed by atoms with Crippen molar-refractivity contribution >= 4 is 11.8 Å². The van der Waals surface area contributed by atoms with E-state index in [9.17, 15) is 9.59 Å². The highest BCUT2D eigenvalue weighted by Gasteiger charge is 2.19. The van der Waals surface area contributed by atoms with Gasteiger partial charge in [-0.3, -0.25) is 9.59 Å². The molecule has 1 rings (SSSR count). The number of benzene rings is 1. The van der Waals surface area contributed by atoms with E-state index in [4.69, 9.17) is 9.47 Å². The summed E-state index contributed by atoms with van der Waals surface area (Å²) in [5.41, 5.74) is 0.835. The number of carbonyl (C=O) groups is 2. The maximum atomic E-state index is 12.0. The minimum atomic E-state index is -0.589. The summed E-state index contributed by atoms with van der Waals surface area (Å²) in [6.45, 7) is 4.86. The highest BCUT2D eigenvalue weighted by atomic mass is 16.5. The summed E-state index contributed by atoms with van der Waals surface area (Å²) in [5.74, 6) is 0.818. The zero-order valence-corrected chi connectivity index (χ0v) is 13.0. The highest BCUT2D eigenvalue weighted by molar-refractivity contribution is 5.86. The van der Waals surface area contributed by atoms with Crippen molar-refractivity contribution in [1.29, 1.82) is 0 Å². The summed E-state index contributed by atoms with van der Waals surface area (Å²) in [7, 11) is 3.14. The molecule has 0 saturated carbocycles. The summed E-state index contributed by atoms with van der Waals surface area (Å²) in [6.07, 6.45) is 0. The van der Waals surface area contributed by atoms with E-state index in [2.05, 4.69) is 10.6 Å². The Kier molecular flexibility index (Phi) is 6.02. The van der Waals surface area contributed by atoms with E-state index in [0.717, 1.165) is 5.56 Å². The van der Waals surface area contributed by atoms with Crippen LogP contribution < -0.4 is 20.1 Å². The van der Waals surface area contributed by atoms with Gasteiger partial charge in [0, 0.05) is 18.6 Å². The predicted octanol–water partition coefficient (Wildman–Crippen LogP) is 1.41. The summed E-state index contributed by atoms with van der Waals surface area (Å²) < 4.78 is 10.5. The summed E-state index contributed by atoms with van der Waals surface area (Å²) in [5, 5.41) is 5.38. The molecule has 0 aliphatic heterocycles. The Labute approximate surface area is 124 Å². The van der Waals surface area contributed by atoms with Crippen molar-refractivity contribution < 1.29 is 19.1 Å². The van der Waals surface area contributed by atoms with Crippen molar-refractivity contribution in [2.45, 2.75) is 32.9 Å². The molecule has 6 nitrogen and oxygen atoms in total. The van der Waals surface area contributed by atoms with E-state index in [1.165, 1.54) is 6.92 Å². The molecular weight excluding hydrogens is 272 g/mol. The van der Waals surface area contributed by atoms with E-state index in [1.807, 2.05) is 13.0 Å². The molecule has 0 radical (unpaired) electrons. The Balaban J connectivity index is 2.81. The molecule has 0 heterocycles. The average molecular weight is 294 g/mol. The van der Waals surface area contributed by atoms with Crippen molar-refractivity contribution in [2.24, 2.45) is 0 Å². The van der Waals surface area contributed by atoms with Crippen molar-refractivity contribution in [1.82, 2.24) is 10.6 Å². The number of hydrogen-bond acceptors (Lipinski definition) is 4. The van der Waals surface area contributed by atoms with Gasteiger partial charge in [-0.2, -0.15) is 0 Å². The van der Waals surface area contributed by atoms with Crippen LogP contribution in [0.2, 0.25) is 0 Å². The molecule has 0 aliphatic rings. The summed E-state index contributed by atoms with van der Waals surface area (Å²) >= 11 is 0. The predicted molar refractivity (Wildman–Crippen MR) is 79.4 cm³/mol. The standard InChI is InChI=1S/C15H22N2O4/c1-9(17-15(19)10(2)16-11(3)18)13-7-6-12(20-4)8-14(13)21-5/h6-10H,1-5H3,(H,16,18)(H,17,19). The lowest BCUT2D eigenvalue weighted by atomic mass is 10.1. The van der Waals surface area contributed by atoms with Crippen molar-refractivity contribution in [3.05, 3.63) is 23.8 Å². The van der Waals surface area contributed by atoms with Gasteiger partial charge in [-0.1, -0.05) is 0 Å². The van der Waals surface area contributed by atoms with Crippen LogP contribution in [0.3, 0.4) is 0 Å². The lowest BCUT2D eigenvalue weighted by Crippen LogP contribution is -2.44. The highest BCUT2D eigenvalue weighted by Crippen LogP contribution is 2.29. The fourth-order valence-electron chi connectivity index (χ4n) is 1.96. The van der Waals surface area contributed by atoms with E-state index in [1.54, 1.807) is 33.3 Å². The van der Waals surface area contributed by atoms with Gasteiger partial charge >= 0.3 is 0 Å². The van der Waals surface area contributed by atoms with Crippen molar-refractivity contribution in [3.63, 3.8) is 0 Å². The van der Waals surface area contributed by atoms with Crippen molar-refractivity contribution in [3.8, 4) is 11.5 Å². The van der Waals surface area contributed by atoms with Gasteiger partial charge in [-0.15, -0.1) is 0 Å². The van der Waals surface area contributed by atoms with Crippen LogP contribution in [0, 0.1) is 0 Å². The third-order valence-corrected chi connectivity index (χ3v) is 3.08. The number of hydrogen-bond donors (Lipinski definition) is 2. The molecule has 6 heteroatoms. The molecular formula is C15H22N2O4. The van der Waals surface area contributed by atoms with Gasteiger partial charge in [0.25, 0.3) is 0 Å². The van der Waals surface area contributed by atoms with Gasteiger partial charge in [0.2, 0.25) is 11.8 Å². The molecule has 0 saturated heterocycles. The molecule has 2 atom stereocenters. The Morgan fingerprint density at radius 1 is 1.10 bits per heavy atom. The van der Waals surface area contributed by atoms with Crippen LogP contribution >= 0.6 is 0 Å². The number of amides is 2. The molecule has 1 aromatic rings. The monoisotopic (exact) mass is 294 g/mol. The SMILES string of the molecule is COc1ccc(C(C)NC(=O)C(C)NC(C)=O)c(OC)c1. The molecule has 0 aromatic heterocycles. The third kappa shape index (κ3) is 4.66. The van der Waals surface area contributed by atoms with Crippen LogP contribution in [-0.4, -0.2) is 32.1 Å². The van der Waals surface area contributed by atoms with Gasteiger partial charge < -0.3 is 20.1 Å². The summed E-state index contributed by atoms with van der Waals surface area (Å²) in [6, 6.07) is 4.56. The normalized spacial score (nSPS) is 13.0. The average Bonchev–Trinajstić information content (AvgIpc) is 2.45. The van der Waals surface area contributed by atoms with Crippen LogP contribution in [-0.2, 0) is 9.59 Å². The minimum Gasteiger partial charge on any atom is -0.497 e. The largest absolute Gasteiger partial charge is 0.497 e.